The summed E-state index contributed by atoms with van der Waals surface area (Å²) in [5.41, 5.74) is 0. The Morgan fingerprint density at radius 3 is 2.91 bits per heavy atom. The second-order valence-corrected chi connectivity index (χ2v) is 5.50. The van der Waals surface area contributed by atoms with Gasteiger partial charge < -0.3 is 0 Å². The number of aromatic nitrogens is 1. The van der Waals surface area contributed by atoms with Gasteiger partial charge in [0.2, 0.25) is 4.80 Å². The molecule has 11 heavy (non-hydrogen) atoms. The molecular weight excluding hydrogens is 196 g/mol. The third-order valence-corrected chi connectivity index (χ3v) is 4.62. The highest BCUT2D eigenvalue weighted by atomic mass is 32.9. The molecule has 0 saturated carbocycles. The second-order valence-electron chi connectivity index (χ2n) is 2.05. The molecule has 2 nitrogen and oxygen atoms in total. The molecule has 0 aromatic carbocycles. The van der Waals surface area contributed by atoms with E-state index in [1.807, 2.05) is 0 Å². The van der Waals surface area contributed by atoms with E-state index in [1.165, 1.54) is 23.2 Å². The van der Waals surface area contributed by atoms with Gasteiger partial charge in [0.1, 0.15) is 0 Å². The zero-order valence-corrected chi connectivity index (χ0v) is 8.74. The Morgan fingerprint density at radius 1 is 1.55 bits per heavy atom. The second kappa shape index (κ2) is 4.90. The highest BCUT2D eigenvalue weighted by Crippen LogP contribution is 2.21. The summed E-state index contributed by atoms with van der Waals surface area (Å²) in [6.45, 7) is 2.18. The number of nitrogens with zero attached hydrogens (tertiary/aromatic N) is 1. The number of nitrogens with one attached hydrogen (secondary N) is 1. The van der Waals surface area contributed by atoms with E-state index in [9.17, 15) is 0 Å². The third-order valence-electron chi connectivity index (χ3n) is 1.11. The summed E-state index contributed by atoms with van der Waals surface area (Å²) in [6.07, 6.45) is 2.47. The summed E-state index contributed by atoms with van der Waals surface area (Å²) >= 11 is 1.76. The van der Waals surface area contributed by atoms with Gasteiger partial charge in [-0.3, -0.25) is 5.41 Å². The van der Waals surface area contributed by atoms with E-state index in [1.54, 1.807) is 22.1 Å². The lowest BCUT2D eigenvalue weighted by molar-refractivity contribution is 0.895. The summed E-state index contributed by atoms with van der Waals surface area (Å²) < 4.78 is 1.05. The molecule has 0 aliphatic rings. The predicted octanol–water partition coefficient (Wildman–Crippen LogP) is 2.58. The molecule has 5 heteroatoms. The minimum Gasteiger partial charge on any atom is -0.273 e. The highest BCUT2D eigenvalue weighted by Gasteiger charge is 1.96. The van der Waals surface area contributed by atoms with Crippen molar-refractivity contribution in [3.8, 4) is 0 Å². The number of thioether (sulfide) groups is 1. The minimum absolute atomic E-state index is 0.439. The molecule has 1 rings (SSSR count). The fraction of sp³-hybridized carbons (Fsp3) is 0.667. The van der Waals surface area contributed by atoms with Crippen molar-refractivity contribution >= 4 is 32.4 Å². The van der Waals surface area contributed by atoms with Gasteiger partial charge in [-0.15, -0.1) is 0 Å². The number of unbranched alkanes of at least 4 members (excludes halogenated alkanes) is 1. The Morgan fingerprint density at radius 2 is 2.36 bits per heavy atom. The van der Waals surface area contributed by atoms with Crippen molar-refractivity contribution in [3.63, 3.8) is 0 Å². The molecule has 0 aliphatic heterocycles. The third kappa shape index (κ3) is 3.35. The molecule has 0 fully saturated rings. The van der Waals surface area contributed by atoms with Crippen LogP contribution in [0.3, 0.4) is 0 Å². The standard InChI is InChI=1S/C6H10N2S3/c1-2-3-4-9-6-8-5(7)10-11-6/h7H,2-4H2,1H3. The van der Waals surface area contributed by atoms with Crippen LogP contribution in [0.5, 0.6) is 0 Å². The summed E-state index contributed by atoms with van der Waals surface area (Å²) in [6, 6.07) is 0. The Kier molecular flexibility index (Phi) is 4.11. The maximum absolute atomic E-state index is 7.20. The quantitative estimate of drug-likeness (QED) is 0.467. The van der Waals surface area contributed by atoms with Crippen LogP contribution in [-0.4, -0.2) is 10.7 Å². The number of hydrogen-bond donors (Lipinski definition) is 1. The highest BCUT2D eigenvalue weighted by molar-refractivity contribution is 8.02. The average molecular weight is 206 g/mol. The molecule has 0 atom stereocenters. The van der Waals surface area contributed by atoms with Crippen molar-refractivity contribution in [3.05, 3.63) is 4.80 Å². The van der Waals surface area contributed by atoms with Crippen molar-refractivity contribution in [1.29, 1.82) is 5.41 Å². The first-order chi connectivity index (χ1) is 5.33. The van der Waals surface area contributed by atoms with Crippen molar-refractivity contribution in [1.82, 2.24) is 4.98 Å². The fourth-order valence-corrected chi connectivity index (χ4v) is 3.70. The number of hydrogen-bond acceptors (Lipinski definition) is 5. The van der Waals surface area contributed by atoms with E-state index in [2.05, 4.69) is 11.9 Å². The zero-order valence-electron chi connectivity index (χ0n) is 6.29. The Bertz CT molecular complexity index is 252. The summed E-state index contributed by atoms with van der Waals surface area (Å²) in [5.74, 6) is 1.14. The summed E-state index contributed by atoms with van der Waals surface area (Å²) in [5, 5.41) is 7.20. The van der Waals surface area contributed by atoms with Crippen LogP contribution in [0.1, 0.15) is 19.8 Å². The van der Waals surface area contributed by atoms with Gasteiger partial charge in [0, 0.05) is 5.75 Å². The van der Waals surface area contributed by atoms with Gasteiger partial charge >= 0.3 is 0 Å². The van der Waals surface area contributed by atoms with Crippen molar-refractivity contribution in [2.45, 2.75) is 24.1 Å². The van der Waals surface area contributed by atoms with Crippen LogP contribution in [0, 0.1) is 5.41 Å². The molecule has 0 aliphatic carbocycles. The van der Waals surface area contributed by atoms with Crippen LogP contribution in [-0.2, 0) is 0 Å². The minimum atomic E-state index is 0.439. The maximum atomic E-state index is 7.20. The van der Waals surface area contributed by atoms with Gasteiger partial charge in [0.25, 0.3) is 0 Å². The number of rotatable bonds is 4. The van der Waals surface area contributed by atoms with E-state index in [-0.39, 0.29) is 0 Å². The van der Waals surface area contributed by atoms with Crippen LogP contribution < -0.4 is 4.80 Å². The van der Waals surface area contributed by atoms with Crippen LogP contribution >= 0.6 is 32.4 Å². The van der Waals surface area contributed by atoms with Gasteiger partial charge in [-0.2, -0.15) is 0 Å². The molecule has 0 bridgehead atoms. The van der Waals surface area contributed by atoms with E-state index >= 15 is 0 Å². The summed E-state index contributed by atoms with van der Waals surface area (Å²) in [7, 11) is 3.04. The van der Waals surface area contributed by atoms with Crippen LogP contribution in [0.4, 0.5) is 0 Å². The van der Waals surface area contributed by atoms with Crippen LogP contribution in [0.25, 0.3) is 0 Å². The summed E-state index contributed by atoms with van der Waals surface area (Å²) in [4.78, 5) is 4.49. The first kappa shape index (κ1) is 9.22. The predicted molar refractivity (Wildman–Crippen MR) is 51.5 cm³/mol. The van der Waals surface area contributed by atoms with Crippen molar-refractivity contribution < 1.29 is 0 Å². The van der Waals surface area contributed by atoms with E-state index < -0.39 is 0 Å². The normalized spacial score (nSPS) is 10.3. The van der Waals surface area contributed by atoms with E-state index in [0.717, 1.165) is 10.1 Å². The Balaban J connectivity index is 2.33. The first-order valence-electron chi connectivity index (χ1n) is 3.47. The van der Waals surface area contributed by atoms with E-state index in [0.29, 0.717) is 4.80 Å². The van der Waals surface area contributed by atoms with Gasteiger partial charge in [-0.25, -0.2) is 4.98 Å². The molecule has 62 valence electrons. The van der Waals surface area contributed by atoms with Gasteiger partial charge in [0.05, 0.1) is 0 Å². The lowest BCUT2D eigenvalue weighted by Gasteiger charge is -1.91. The molecule has 1 aromatic heterocycles. The SMILES string of the molecule is CCCCSc1nc(=N)ss1. The Hall–Kier alpha value is 0.130. The molecule has 0 amide bonds. The van der Waals surface area contributed by atoms with Crippen molar-refractivity contribution in [2.75, 3.05) is 5.75 Å². The molecular formula is C6H10N2S3. The van der Waals surface area contributed by atoms with Gasteiger partial charge in [-0.05, 0) is 27.1 Å². The van der Waals surface area contributed by atoms with Crippen LogP contribution in [0.2, 0.25) is 0 Å². The van der Waals surface area contributed by atoms with Crippen LogP contribution in [0.15, 0.2) is 4.34 Å². The van der Waals surface area contributed by atoms with Gasteiger partial charge in [-0.1, -0.05) is 25.1 Å². The largest absolute Gasteiger partial charge is 0.273 e. The average Bonchev–Trinajstić information content (AvgIpc) is 2.37. The van der Waals surface area contributed by atoms with Crippen molar-refractivity contribution in [2.24, 2.45) is 0 Å². The Labute approximate surface area is 77.6 Å². The topological polar surface area (TPSA) is 36.7 Å². The maximum Gasteiger partial charge on any atom is 0.213 e. The smallest absolute Gasteiger partial charge is 0.213 e. The fourth-order valence-electron chi connectivity index (χ4n) is 0.555. The molecule has 0 spiro atoms. The van der Waals surface area contributed by atoms with E-state index in [4.69, 9.17) is 5.41 Å². The lowest BCUT2D eigenvalue weighted by Crippen LogP contribution is -1.92. The zero-order chi connectivity index (χ0) is 8.10. The monoisotopic (exact) mass is 206 g/mol. The lowest BCUT2D eigenvalue weighted by atomic mass is 10.4. The first-order valence-corrected chi connectivity index (χ1v) is 6.61. The molecule has 1 aromatic rings. The molecule has 1 heterocycles. The molecule has 0 saturated heterocycles. The molecule has 0 unspecified atom stereocenters. The van der Waals surface area contributed by atoms with Gasteiger partial charge in [0.15, 0.2) is 4.34 Å². The molecule has 1 N–H and O–H groups in total. The molecule has 0 radical (unpaired) electrons.